The predicted octanol–water partition coefficient (Wildman–Crippen LogP) is 3.56. The molecule has 0 amide bonds. The van der Waals surface area contributed by atoms with Crippen LogP contribution in [0.15, 0.2) is 12.1 Å². The average Bonchev–Trinajstić information content (AvgIpc) is 2.84. The number of aliphatic carboxylic acids is 1. The zero-order valence-electron chi connectivity index (χ0n) is 11.7. The summed E-state index contributed by atoms with van der Waals surface area (Å²) in [7, 11) is 0. The fraction of sp³-hybridized carbons (Fsp3) is 0.667. The van der Waals surface area contributed by atoms with Gasteiger partial charge in [0.2, 0.25) is 0 Å². The molecule has 1 aromatic rings. The Hall–Kier alpha value is -1.25. The number of hydrogen-bond acceptors (Lipinski definition) is 1. The summed E-state index contributed by atoms with van der Waals surface area (Å²) in [5, 5.41) is 9.58. The van der Waals surface area contributed by atoms with Crippen molar-refractivity contribution in [2.75, 3.05) is 0 Å². The molecule has 0 aromatic carbocycles. The number of aromatic nitrogens is 1. The van der Waals surface area contributed by atoms with Crippen LogP contribution in [-0.4, -0.2) is 15.6 Å². The minimum Gasteiger partial charge on any atom is -0.481 e. The van der Waals surface area contributed by atoms with Gasteiger partial charge >= 0.3 is 5.97 Å². The highest BCUT2D eigenvalue weighted by Crippen LogP contribution is 2.49. The maximum atomic E-state index is 11.6. The Kier molecular flexibility index (Phi) is 3.26. The lowest BCUT2D eigenvalue weighted by Gasteiger charge is -2.29. The second-order valence-corrected chi connectivity index (χ2v) is 6.00. The van der Waals surface area contributed by atoms with Crippen molar-refractivity contribution in [3.8, 4) is 0 Å². The fourth-order valence-corrected chi connectivity index (χ4v) is 3.49. The van der Waals surface area contributed by atoms with Crippen molar-refractivity contribution in [1.82, 2.24) is 4.57 Å². The highest BCUT2D eigenvalue weighted by atomic mass is 16.4. The molecular weight excluding hydrogens is 226 g/mol. The van der Waals surface area contributed by atoms with Crippen LogP contribution in [-0.2, 0) is 4.79 Å². The van der Waals surface area contributed by atoms with Crippen molar-refractivity contribution in [2.24, 2.45) is 11.3 Å². The van der Waals surface area contributed by atoms with Crippen molar-refractivity contribution in [3.05, 3.63) is 23.5 Å². The SMILES string of the molecule is Cc1ccc(C)n1[C@@H]1CC[C@@](C(=O)O)(C(C)C)C1. The van der Waals surface area contributed by atoms with Crippen molar-refractivity contribution in [2.45, 2.75) is 53.0 Å². The van der Waals surface area contributed by atoms with E-state index in [0.717, 1.165) is 19.3 Å². The first-order valence-electron chi connectivity index (χ1n) is 6.76. The van der Waals surface area contributed by atoms with Gasteiger partial charge in [-0.2, -0.15) is 0 Å². The third kappa shape index (κ3) is 1.86. The molecule has 0 bridgehead atoms. The lowest BCUT2D eigenvalue weighted by atomic mass is 9.75. The summed E-state index contributed by atoms with van der Waals surface area (Å²) in [6.07, 6.45) is 2.53. The highest BCUT2D eigenvalue weighted by Gasteiger charge is 2.48. The number of aryl methyl sites for hydroxylation is 2. The highest BCUT2D eigenvalue weighted by molar-refractivity contribution is 5.75. The molecule has 1 saturated carbocycles. The number of rotatable bonds is 3. The van der Waals surface area contributed by atoms with Gasteiger partial charge in [-0.15, -0.1) is 0 Å². The topological polar surface area (TPSA) is 42.2 Å². The molecule has 0 saturated heterocycles. The molecule has 3 heteroatoms. The van der Waals surface area contributed by atoms with E-state index in [-0.39, 0.29) is 5.92 Å². The van der Waals surface area contributed by atoms with E-state index in [2.05, 4.69) is 30.5 Å². The van der Waals surface area contributed by atoms with Crippen LogP contribution in [0.1, 0.15) is 50.5 Å². The minimum absolute atomic E-state index is 0.191. The van der Waals surface area contributed by atoms with Crippen LogP contribution < -0.4 is 0 Å². The Labute approximate surface area is 109 Å². The summed E-state index contributed by atoms with van der Waals surface area (Å²) in [4.78, 5) is 11.6. The van der Waals surface area contributed by atoms with E-state index in [4.69, 9.17) is 0 Å². The van der Waals surface area contributed by atoms with Gasteiger partial charge in [-0.05, 0) is 51.2 Å². The third-order valence-electron chi connectivity index (χ3n) is 4.75. The largest absolute Gasteiger partial charge is 0.481 e. The fourth-order valence-electron chi connectivity index (χ4n) is 3.49. The van der Waals surface area contributed by atoms with Crippen molar-refractivity contribution < 1.29 is 9.90 Å². The molecule has 1 fully saturated rings. The maximum absolute atomic E-state index is 11.6. The first kappa shape index (κ1) is 13.2. The number of hydrogen-bond donors (Lipinski definition) is 1. The smallest absolute Gasteiger partial charge is 0.309 e. The van der Waals surface area contributed by atoms with Crippen LogP contribution in [0.4, 0.5) is 0 Å². The van der Waals surface area contributed by atoms with Gasteiger partial charge in [0, 0.05) is 17.4 Å². The van der Waals surface area contributed by atoms with Gasteiger partial charge in [0.25, 0.3) is 0 Å². The Morgan fingerprint density at radius 1 is 1.39 bits per heavy atom. The van der Waals surface area contributed by atoms with Crippen LogP contribution in [0.25, 0.3) is 0 Å². The first-order valence-corrected chi connectivity index (χ1v) is 6.76. The second-order valence-electron chi connectivity index (χ2n) is 6.00. The molecular formula is C15H23NO2. The first-order chi connectivity index (χ1) is 8.38. The van der Waals surface area contributed by atoms with Gasteiger partial charge < -0.3 is 9.67 Å². The van der Waals surface area contributed by atoms with Gasteiger partial charge in [0.15, 0.2) is 0 Å². The van der Waals surface area contributed by atoms with Gasteiger partial charge in [0.1, 0.15) is 0 Å². The minimum atomic E-state index is -0.623. The molecule has 0 unspecified atom stereocenters. The van der Waals surface area contributed by atoms with Crippen molar-refractivity contribution >= 4 is 5.97 Å². The van der Waals surface area contributed by atoms with Crippen LogP contribution in [0.3, 0.4) is 0 Å². The molecule has 1 aliphatic rings. The van der Waals surface area contributed by atoms with Gasteiger partial charge in [0.05, 0.1) is 5.41 Å². The number of carbonyl (C=O) groups is 1. The van der Waals surface area contributed by atoms with E-state index in [1.165, 1.54) is 11.4 Å². The molecule has 1 N–H and O–H groups in total. The monoisotopic (exact) mass is 249 g/mol. The normalized spacial score (nSPS) is 27.9. The standard InChI is InChI=1S/C15H23NO2/c1-10(2)15(14(17)18)8-7-13(9-15)16-11(3)5-6-12(16)4/h5-6,10,13H,7-9H2,1-4H3,(H,17,18)/t13-,15+/m1/s1. The van der Waals surface area contributed by atoms with E-state index in [1.807, 2.05) is 13.8 Å². The zero-order valence-corrected chi connectivity index (χ0v) is 11.7. The molecule has 2 rings (SSSR count). The Bertz CT molecular complexity index is 442. The Morgan fingerprint density at radius 3 is 2.33 bits per heavy atom. The van der Waals surface area contributed by atoms with Gasteiger partial charge in [-0.25, -0.2) is 0 Å². The molecule has 0 radical (unpaired) electrons. The van der Waals surface area contributed by atoms with Crippen molar-refractivity contribution in [3.63, 3.8) is 0 Å². The van der Waals surface area contributed by atoms with Crippen LogP contribution in [0.2, 0.25) is 0 Å². The average molecular weight is 249 g/mol. The molecule has 18 heavy (non-hydrogen) atoms. The third-order valence-corrected chi connectivity index (χ3v) is 4.75. The number of carboxylic acids is 1. The van der Waals surface area contributed by atoms with Crippen LogP contribution in [0.5, 0.6) is 0 Å². The number of carboxylic acid groups (broad SMARTS) is 1. The molecule has 3 nitrogen and oxygen atoms in total. The molecule has 1 heterocycles. The number of nitrogens with zero attached hydrogens (tertiary/aromatic N) is 1. The van der Waals surface area contributed by atoms with E-state index >= 15 is 0 Å². The van der Waals surface area contributed by atoms with E-state index in [1.54, 1.807) is 0 Å². The summed E-state index contributed by atoms with van der Waals surface area (Å²) in [6.45, 7) is 8.27. The summed E-state index contributed by atoms with van der Waals surface area (Å²) in [5.74, 6) is -0.432. The molecule has 2 atom stereocenters. The summed E-state index contributed by atoms with van der Waals surface area (Å²) >= 11 is 0. The molecule has 0 spiro atoms. The maximum Gasteiger partial charge on any atom is 0.309 e. The van der Waals surface area contributed by atoms with Crippen LogP contribution in [0, 0.1) is 25.2 Å². The van der Waals surface area contributed by atoms with E-state index < -0.39 is 11.4 Å². The van der Waals surface area contributed by atoms with E-state index in [9.17, 15) is 9.90 Å². The molecule has 100 valence electrons. The Balaban J connectivity index is 2.30. The lowest BCUT2D eigenvalue weighted by molar-refractivity contribution is -0.151. The summed E-state index contributed by atoms with van der Waals surface area (Å²) in [5.41, 5.74) is 1.94. The van der Waals surface area contributed by atoms with Crippen molar-refractivity contribution in [1.29, 1.82) is 0 Å². The zero-order chi connectivity index (χ0) is 13.5. The Morgan fingerprint density at radius 2 is 1.94 bits per heavy atom. The van der Waals surface area contributed by atoms with Crippen LogP contribution >= 0.6 is 0 Å². The van der Waals surface area contributed by atoms with Gasteiger partial charge in [-0.3, -0.25) is 4.79 Å². The predicted molar refractivity (Wildman–Crippen MR) is 71.7 cm³/mol. The second kappa shape index (κ2) is 4.45. The molecule has 0 aliphatic heterocycles. The molecule has 1 aliphatic carbocycles. The van der Waals surface area contributed by atoms with E-state index in [0.29, 0.717) is 6.04 Å². The summed E-state index contributed by atoms with van der Waals surface area (Å²) in [6, 6.07) is 4.58. The quantitative estimate of drug-likeness (QED) is 0.890. The molecule has 1 aromatic heterocycles. The summed E-state index contributed by atoms with van der Waals surface area (Å²) < 4.78 is 2.31. The lowest BCUT2D eigenvalue weighted by Crippen LogP contribution is -2.34. The van der Waals surface area contributed by atoms with Gasteiger partial charge in [-0.1, -0.05) is 13.8 Å².